The van der Waals surface area contributed by atoms with E-state index in [1.165, 1.54) is 6.92 Å². The summed E-state index contributed by atoms with van der Waals surface area (Å²) in [5, 5.41) is 13.0. The van der Waals surface area contributed by atoms with E-state index in [1.807, 2.05) is 0 Å². The number of aliphatic carboxylic acids is 1. The van der Waals surface area contributed by atoms with Crippen LogP contribution in [0.1, 0.15) is 18.5 Å². The molecule has 1 aromatic rings. The van der Waals surface area contributed by atoms with E-state index in [2.05, 4.69) is 5.32 Å². The van der Waals surface area contributed by atoms with Gasteiger partial charge in [0.15, 0.2) is 0 Å². The minimum absolute atomic E-state index is 0. The molecule has 0 fully saturated rings. The van der Waals surface area contributed by atoms with Crippen LogP contribution in [-0.2, 0) is 9.59 Å². The second kappa shape index (κ2) is 5.77. The lowest BCUT2D eigenvalue weighted by molar-refractivity contribution is -0.308. The number of carbonyl (C=O) groups is 2. The van der Waals surface area contributed by atoms with Gasteiger partial charge in [-0.3, -0.25) is 4.79 Å². The van der Waals surface area contributed by atoms with Gasteiger partial charge < -0.3 is 21.4 Å². The Morgan fingerprint density at radius 1 is 1.27 bits per heavy atom. The molecule has 0 saturated carbocycles. The van der Waals surface area contributed by atoms with Crippen LogP contribution in [0.3, 0.4) is 0 Å². The summed E-state index contributed by atoms with van der Waals surface area (Å²) in [5.41, 5.74) is 0.503. The van der Waals surface area contributed by atoms with Gasteiger partial charge in [-0.25, -0.2) is 0 Å². The summed E-state index contributed by atoms with van der Waals surface area (Å²) < 4.78 is 0. The van der Waals surface area contributed by atoms with Crippen molar-refractivity contribution < 1.29 is 14.7 Å². The zero-order valence-corrected chi connectivity index (χ0v) is 8.69. The molecular weight excluding hydrogens is 196 g/mol. The van der Waals surface area contributed by atoms with Crippen molar-refractivity contribution in [1.29, 1.82) is 0 Å². The molecule has 5 heteroatoms. The molecule has 0 aliphatic rings. The van der Waals surface area contributed by atoms with Crippen LogP contribution in [0, 0.1) is 0 Å². The monoisotopic (exact) mass is 210 g/mol. The van der Waals surface area contributed by atoms with Crippen LogP contribution in [0.25, 0.3) is 0 Å². The SMILES string of the molecule is CC(=O)NC(C(=O)[O-])c1ccccc1.[NH4+]. The molecule has 1 atom stereocenters. The summed E-state index contributed by atoms with van der Waals surface area (Å²) in [4.78, 5) is 21.4. The number of benzene rings is 1. The molecule has 1 aromatic carbocycles. The molecule has 15 heavy (non-hydrogen) atoms. The highest BCUT2D eigenvalue weighted by Crippen LogP contribution is 2.10. The molecular formula is C10H14N2O3. The highest BCUT2D eigenvalue weighted by molar-refractivity contribution is 5.82. The first-order chi connectivity index (χ1) is 6.61. The van der Waals surface area contributed by atoms with E-state index in [9.17, 15) is 14.7 Å². The van der Waals surface area contributed by atoms with E-state index in [4.69, 9.17) is 0 Å². The maximum absolute atomic E-state index is 10.7. The van der Waals surface area contributed by atoms with E-state index in [0.717, 1.165) is 0 Å². The molecule has 0 aliphatic heterocycles. The minimum atomic E-state index is -1.31. The van der Waals surface area contributed by atoms with Crippen molar-refractivity contribution in [2.75, 3.05) is 0 Å². The van der Waals surface area contributed by atoms with Crippen LogP contribution in [-0.4, -0.2) is 11.9 Å². The fourth-order valence-corrected chi connectivity index (χ4v) is 1.13. The standard InChI is InChI=1S/C10H11NO3.H3N/c1-7(12)11-9(10(13)14)8-5-3-2-4-6-8;/h2-6,9H,1H3,(H,11,12)(H,13,14);1H3. The molecule has 1 rings (SSSR count). The van der Waals surface area contributed by atoms with Crippen LogP contribution in [0.5, 0.6) is 0 Å². The van der Waals surface area contributed by atoms with Crippen molar-refractivity contribution in [3.8, 4) is 0 Å². The van der Waals surface area contributed by atoms with Crippen molar-refractivity contribution in [2.45, 2.75) is 13.0 Å². The highest BCUT2D eigenvalue weighted by Gasteiger charge is 2.12. The van der Waals surface area contributed by atoms with Gasteiger partial charge >= 0.3 is 0 Å². The molecule has 1 amide bonds. The zero-order valence-electron chi connectivity index (χ0n) is 8.69. The van der Waals surface area contributed by atoms with Crippen LogP contribution in [0.15, 0.2) is 30.3 Å². The van der Waals surface area contributed by atoms with E-state index < -0.39 is 17.9 Å². The quantitative estimate of drug-likeness (QED) is 0.732. The van der Waals surface area contributed by atoms with Gasteiger partial charge in [-0.2, -0.15) is 0 Å². The van der Waals surface area contributed by atoms with Gasteiger partial charge in [-0.05, 0) is 5.56 Å². The molecule has 5 nitrogen and oxygen atoms in total. The van der Waals surface area contributed by atoms with Crippen LogP contribution >= 0.6 is 0 Å². The number of quaternary nitrogens is 1. The van der Waals surface area contributed by atoms with Gasteiger partial charge in [-0.1, -0.05) is 30.3 Å². The Morgan fingerprint density at radius 2 is 1.80 bits per heavy atom. The van der Waals surface area contributed by atoms with Gasteiger partial charge in [0, 0.05) is 6.92 Å². The molecule has 0 heterocycles. The summed E-state index contributed by atoms with van der Waals surface area (Å²) in [6, 6.07) is 7.34. The predicted molar refractivity (Wildman–Crippen MR) is 54.0 cm³/mol. The molecule has 0 bridgehead atoms. The largest absolute Gasteiger partial charge is 0.548 e. The maximum Gasteiger partial charge on any atom is 0.217 e. The highest BCUT2D eigenvalue weighted by atomic mass is 16.4. The third-order valence-corrected chi connectivity index (χ3v) is 1.72. The smallest absolute Gasteiger partial charge is 0.217 e. The number of hydrogen-bond donors (Lipinski definition) is 2. The minimum Gasteiger partial charge on any atom is -0.548 e. The zero-order chi connectivity index (χ0) is 10.6. The Bertz CT molecular complexity index is 338. The number of nitrogens with one attached hydrogen (secondary N) is 1. The summed E-state index contributed by atoms with van der Waals surface area (Å²) in [7, 11) is 0. The fraction of sp³-hybridized carbons (Fsp3) is 0.200. The van der Waals surface area contributed by atoms with E-state index >= 15 is 0 Å². The molecule has 1 unspecified atom stereocenters. The van der Waals surface area contributed by atoms with E-state index in [0.29, 0.717) is 5.56 Å². The molecule has 0 radical (unpaired) electrons. The van der Waals surface area contributed by atoms with Gasteiger partial charge in [0.1, 0.15) is 0 Å². The number of hydrogen-bond acceptors (Lipinski definition) is 3. The lowest BCUT2D eigenvalue weighted by Crippen LogP contribution is -2.40. The Balaban J connectivity index is 0.00000196. The topological polar surface area (TPSA) is 106 Å². The van der Waals surface area contributed by atoms with Crippen molar-refractivity contribution >= 4 is 11.9 Å². The predicted octanol–water partition coefficient (Wildman–Crippen LogP) is -0.0101. The first-order valence-corrected chi connectivity index (χ1v) is 4.14. The summed E-state index contributed by atoms with van der Waals surface area (Å²) in [6.07, 6.45) is 0. The third kappa shape index (κ3) is 3.78. The Morgan fingerprint density at radius 3 is 2.20 bits per heavy atom. The Kier molecular flexibility index (Phi) is 5.04. The summed E-state index contributed by atoms with van der Waals surface area (Å²) in [5.74, 6) is -1.71. The third-order valence-electron chi connectivity index (χ3n) is 1.72. The number of carboxylic acid groups (broad SMARTS) is 1. The van der Waals surface area contributed by atoms with E-state index in [-0.39, 0.29) is 6.15 Å². The van der Waals surface area contributed by atoms with Gasteiger partial charge in [0.05, 0.1) is 12.0 Å². The number of amides is 1. The fourth-order valence-electron chi connectivity index (χ4n) is 1.13. The second-order valence-electron chi connectivity index (χ2n) is 2.86. The number of rotatable bonds is 3. The van der Waals surface area contributed by atoms with Crippen molar-refractivity contribution in [3.05, 3.63) is 35.9 Å². The van der Waals surface area contributed by atoms with Gasteiger partial charge in [0.25, 0.3) is 0 Å². The first kappa shape index (κ1) is 13.1. The Hall–Kier alpha value is -1.88. The summed E-state index contributed by atoms with van der Waals surface area (Å²) >= 11 is 0. The Labute approximate surface area is 87.7 Å². The molecule has 0 saturated heterocycles. The maximum atomic E-state index is 10.7. The average Bonchev–Trinajstić information content (AvgIpc) is 2.15. The molecule has 0 aromatic heterocycles. The lowest BCUT2D eigenvalue weighted by atomic mass is 10.1. The van der Waals surface area contributed by atoms with Crippen molar-refractivity contribution in [3.63, 3.8) is 0 Å². The van der Waals surface area contributed by atoms with Crippen molar-refractivity contribution in [1.82, 2.24) is 11.5 Å². The van der Waals surface area contributed by atoms with Crippen LogP contribution < -0.4 is 16.6 Å². The van der Waals surface area contributed by atoms with E-state index in [1.54, 1.807) is 30.3 Å². The summed E-state index contributed by atoms with van der Waals surface area (Å²) in [6.45, 7) is 1.26. The molecule has 0 aliphatic carbocycles. The molecule has 82 valence electrons. The van der Waals surface area contributed by atoms with Gasteiger partial charge in [-0.15, -0.1) is 0 Å². The molecule has 0 spiro atoms. The average molecular weight is 210 g/mol. The number of carboxylic acids is 1. The first-order valence-electron chi connectivity index (χ1n) is 4.14. The lowest BCUT2D eigenvalue weighted by Gasteiger charge is -2.18. The van der Waals surface area contributed by atoms with Crippen LogP contribution in [0.2, 0.25) is 0 Å². The second-order valence-corrected chi connectivity index (χ2v) is 2.86. The van der Waals surface area contributed by atoms with Crippen LogP contribution in [0.4, 0.5) is 0 Å². The number of carbonyl (C=O) groups excluding carboxylic acids is 2. The van der Waals surface area contributed by atoms with Crippen molar-refractivity contribution in [2.24, 2.45) is 0 Å². The molecule has 5 N–H and O–H groups in total. The van der Waals surface area contributed by atoms with Gasteiger partial charge in [0.2, 0.25) is 5.91 Å². The normalized spacial score (nSPS) is 11.0.